The Kier molecular flexibility index (Phi) is 3.84. The second kappa shape index (κ2) is 5.47. The molecule has 0 bridgehead atoms. The molecule has 5 heteroatoms. The standard InChI is InChI=1S/C15H14F2OS2/c1-8-2-3-10(14(17)13(8)16)15(18)12-6-9-7-19-5-4-11(9)20-12/h2-3,6,15,18H,4-5,7H2,1H3. The van der Waals surface area contributed by atoms with E-state index < -0.39 is 17.7 Å². The molecule has 20 heavy (non-hydrogen) atoms. The first-order valence-corrected chi connectivity index (χ1v) is 8.37. The van der Waals surface area contributed by atoms with Crippen molar-refractivity contribution < 1.29 is 13.9 Å². The average molecular weight is 312 g/mol. The highest BCUT2D eigenvalue weighted by Gasteiger charge is 2.23. The Morgan fingerprint density at radius 2 is 2.05 bits per heavy atom. The van der Waals surface area contributed by atoms with E-state index in [1.807, 2.05) is 17.8 Å². The van der Waals surface area contributed by atoms with E-state index >= 15 is 0 Å². The summed E-state index contributed by atoms with van der Waals surface area (Å²) < 4.78 is 27.6. The predicted molar refractivity (Wildman–Crippen MR) is 79.3 cm³/mol. The molecule has 1 atom stereocenters. The van der Waals surface area contributed by atoms with Gasteiger partial charge in [0.05, 0.1) is 0 Å². The van der Waals surface area contributed by atoms with Crippen LogP contribution in [0.2, 0.25) is 0 Å². The first kappa shape index (κ1) is 14.0. The predicted octanol–water partition coefficient (Wildman–Crippen LogP) is 4.21. The van der Waals surface area contributed by atoms with Gasteiger partial charge < -0.3 is 5.11 Å². The highest BCUT2D eigenvalue weighted by Crippen LogP contribution is 2.37. The van der Waals surface area contributed by atoms with E-state index in [0.717, 1.165) is 17.9 Å². The van der Waals surface area contributed by atoms with Crippen LogP contribution >= 0.6 is 23.1 Å². The number of aliphatic hydroxyl groups excluding tert-OH is 1. The van der Waals surface area contributed by atoms with Crippen molar-refractivity contribution in [3.05, 3.63) is 56.3 Å². The Morgan fingerprint density at radius 3 is 2.80 bits per heavy atom. The number of hydrogen-bond acceptors (Lipinski definition) is 3. The van der Waals surface area contributed by atoms with E-state index in [2.05, 4.69) is 0 Å². The number of rotatable bonds is 2. The molecular weight excluding hydrogens is 298 g/mol. The maximum atomic E-state index is 13.9. The van der Waals surface area contributed by atoms with Gasteiger partial charge in [-0.15, -0.1) is 11.3 Å². The molecule has 0 aliphatic carbocycles. The quantitative estimate of drug-likeness (QED) is 0.896. The molecule has 3 rings (SSSR count). The molecule has 2 heterocycles. The second-order valence-corrected chi connectivity index (χ2v) is 7.18. The molecule has 1 aliphatic heterocycles. The maximum absolute atomic E-state index is 13.9. The van der Waals surface area contributed by atoms with E-state index in [9.17, 15) is 13.9 Å². The van der Waals surface area contributed by atoms with Gasteiger partial charge in [0.2, 0.25) is 0 Å². The Balaban J connectivity index is 1.98. The third kappa shape index (κ3) is 2.38. The minimum absolute atomic E-state index is 0.0133. The van der Waals surface area contributed by atoms with Crippen LogP contribution in [-0.2, 0) is 12.2 Å². The molecule has 1 nitrogen and oxygen atoms in total. The van der Waals surface area contributed by atoms with Crippen LogP contribution in [0.15, 0.2) is 18.2 Å². The SMILES string of the molecule is Cc1ccc(C(O)c2cc3c(s2)CCSC3)c(F)c1F. The number of halogens is 2. The smallest absolute Gasteiger partial charge is 0.165 e. The number of hydrogen-bond donors (Lipinski definition) is 1. The Hall–Kier alpha value is -0.910. The van der Waals surface area contributed by atoms with Gasteiger partial charge in [0.25, 0.3) is 0 Å². The molecule has 1 N–H and O–H groups in total. The molecule has 2 aromatic rings. The number of aliphatic hydroxyl groups is 1. The summed E-state index contributed by atoms with van der Waals surface area (Å²) in [5.74, 6) is 0.191. The number of benzene rings is 1. The van der Waals surface area contributed by atoms with Crippen molar-refractivity contribution in [2.45, 2.75) is 25.2 Å². The number of thioether (sulfide) groups is 1. The van der Waals surface area contributed by atoms with E-state index in [-0.39, 0.29) is 11.1 Å². The summed E-state index contributed by atoms with van der Waals surface area (Å²) in [5, 5.41) is 10.3. The van der Waals surface area contributed by atoms with Gasteiger partial charge in [0.1, 0.15) is 6.10 Å². The molecule has 1 aliphatic rings. The van der Waals surface area contributed by atoms with Gasteiger partial charge in [-0.3, -0.25) is 0 Å². The fourth-order valence-electron chi connectivity index (χ4n) is 2.33. The van der Waals surface area contributed by atoms with Gasteiger partial charge in [-0.05, 0) is 36.3 Å². The van der Waals surface area contributed by atoms with Gasteiger partial charge in [-0.25, -0.2) is 8.78 Å². The van der Waals surface area contributed by atoms with Crippen molar-refractivity contribution in [2.75, 3.05) is 5.75 Å². The summed E-state index contributed by atoms with van der Waals surface area (Å²) in [6.07, 6.45) is -0.104. The first-order chi connectivity index (χ1) is 9.58. The van der Waals surface area contributed by atoms with Crippen LogP contribution in [-0.4, -0.2) is 10.9 Å². The minimum atomic E-state index is -1.09. The van der Waals surface area contributed by atoms with Crippen LogP contribution < -0.4 is 0 Å². The largest absolute Gasteiger partial charge is 0.383 e. The number of fused-ring (bicyclic) bond motifs is 1. The molecule has 0 fully saturated rings. The topological polar surface area (TPSA) is 20.2 Å². The van der Waals surface area contributed by atoms with E-state index in [0.29, 0.717) is 4.88 Å². The van der Waals surface area contributed by atoms with Crippen LogP contribution in [0.3, 0.4) is 0 Å². The van der Waals surface area contributed by atoms with Crippen LogP contribution in [0.5, 0.6) is 0 Å². The zero-order chi connectivity index (χ0) is 14.3. The summed E-state index contributed by atoms with van der Waals surface area (Å²) in [4.78, 5) is 1.95. The molecule has 1 aromatic carbocycles. The first-order valence-electron chi connectivity index (χ1n) is 6.39. The van der Waals surface area contributed by atoms with Crippen molar-refractivity contribution in [2.24, 2.45) is 0 Å². The molecule has 0 saturated carbocycles. The lowest BCUT2D eigenvalue weighted by molar-refractivity contribution is 0.217. The maximum Gasteiger partial charge on any atom is 0.165 e. The molecule has 0 amide bonds. The highest BCUT2D eigenvalue weighted by molar-refractivity contribution is 7.98. The van der Waals surface area contributed by atoms with E-state index in [1.54, 1.807) is 0 Å². The highest BCUT2D eigenvalue weighted by atomic mass is 32.2. The van der Waals surface area contributed by atoms with Crippen molar-refractivity contribution >= 4 is 23.1 Å². The lowest BCUT2D eigenvalue weighted by Gasteiger charge is -2.11. The fourth-order valence-corrected chi connectivity index (χ4v) is 4.71. The summed E-state index contributed by atoms with van der Waals surface area (Å²) in [6.45, 7) is 1.51. The van der Waals surface area contributed by atoms with Crippen LogP contribution in [0, 0.1) is 18.6 Å². The van der Waals surface area contributed by atoms with Gasteiger partial charge in [-0.1, -0.05) is 12.1 Å². The monoisotopic (exact) mass is 312 g/mol. The van der Waals surface area contributed by atoms with E-state index in [1.165, 1.54) is 40.8 Å². The van der Waals surface area contributed by atoms with Crippen molar-refractivity contribution in [3.63, 3.8) is 0 Å². The van der Waals surface area contributed by atoms with Gasteiger partial charge in [-0.2, -0.15) is 11.8 Å². The van der Waals surface area contributed by atoms with Crippen LogP contribution in [0.1, 0.15) is 32.5 Å². The lowest BCUT2D eigenvalue weighted by atomic mass is 10.0. The summed E-state index contributed by atoms with van der Waals surface area (Å²) in [7, 11) is 0. The minimum Gasteiger partial charge on any atom is -0.383 e. The van der Waals surface area contributed by atoms with Crippen molar-refractivity contribution in [1.29, 1.82) is 0 Å². The molecule has 106 valence electrons. The van der Waals surface area contributed by atoms with Gasteiger partial charge in [0, 0.05) is 21.1 Å². The lowest BCUT2D eigenvalue weighted by Crippen LogP contribution is -2.04. The summed E-state index contributed by atoms with van der Waals surface area (Å²) >= 11 is 3.36. The molecule has 0 spiro atoms. The second-order valence-electron chi connectivity index (χ2n) is 4.90. The Morgan fingerprint density at radius 1 is 1.25 bits per heavy atom. The fraction of sp³-hybridized carbons (Fsp3) is 0.333. The summed E-state index contributed by atoms with van der Waals surface area (Å²) in [5.41, 5.74) is 1.48. The molecular formula is C15H14F2OS2. The zero-order valence-corrected chi connectivity index (χ0v) is 12.6. The molecule has 0 saturated heterocycles. The van der Waals surface area contributed by atoms with Crippen LogP contribution in [0.4, 0.5) is 8.78 Å². The van der Waals surface area contributed by atoms with Crippen molar-refractivity contribution in [3.8, 4) is 0 Å². The average Bonchev–Trinajstić information content (AvgIpc) is 2.88. The Bertz CT molecular complexity index is 628. The molecule has 0 radical (unpaired) electrons. The summed E-state index contributed by atoms with van der Waals surface area (Å²) in [6, 6.07) is 4.89. The van der Waals surface area contributed by atoms with Gasteiger partial charge in [0.15, 0.2) is 11.6 Å². The zero-order valence-electron chi connectivity index (χ0n) is 11.0. The van der Waals surface area contributed by atoms with Gasteiger partial charge >= 0.3 is 0 Å². The third-order valence-corrected chi connectivity index (χ3v) is 5.81. The molecule has 1 aromatic heterocycles. The normalized spacial score (nSPS) is 16.0. The van der Waals surface area contributed by atoms with E-state index in [4.69, 9.17) is 0 Å². The number of thiophene rings is 1. The molecule has 1 unspecified atom stereocenters. The van der Waals surface area contributed by atoms with Crippen molar-refractivity contribution in [1.82, 2.24) is 0 Å². The third-order valence-electron chi connectivity index (χ3n) is 3.52. The number of aryl methyl sites for hydroxylation is 2. The Labute approximate surface area is 124 Å². The van der Waals surface area contributed by atoms with Crippen LogP contribution in [0.25, 0.3) is 0 Å².